The number of aryl methyl sites for hydroxylation is 1. The number of hydrogen-bond acceptors (Lipinski definition) is 5. The average molecular weight is 339 g/mol. The highest BCUT2D eigenvalue weighted by atomic mass is 79.9. The van der Waals surface area contributed by atoms with Gasteiger partial charge in [-0.15, -0.1) is 6.58 Å². The molecule has 2 aromatic heterocycles. The van der Waals surface area contributed by atoms with E-state index in [0.29, 0.717) is 29.1 Å². The zero-order valence-corrected chi connectivity index (χ0v) is 12.7. The molecule has 20 heavy (non-hydrogen) atoms. The minimum absolute atomic E-state index is 0.212. The van der Waals surface area contributed by atoms with Crippen molar-refractivity contribution < 1.29 is 4.42 Å². The Morgan fingerprint density at radius 2 is 2.35 bits per heavy atom. The number of allylic oxidation sites excluding steroid dienone is 1. The summed E-state index contributed by atoms with van der Waals surface area (Å²) < 4.78 is 7.23. The van der Waals surface area contributed by atoms with Crippen LogP contribution in [0.25, 0.3) is 0 Å². The van der Waals surface area contributed by atoms with Gasteiger partial charge in [-0.05, 0) is 15.9 Å². The summed E-state index contributed by atoms with van der Waals surface area (Å²) in [6, 6.07) is 0. The molecule has 0 aromatic carbocycles. The van der Waals surface area contributed by atoms with Gasteiger partial charge in [0.05, 0.1) is 31.2 Å². The predicted molar refractivity (Wildman–Crippen MR) is 79.6 cm³/mol. The Kier molecular flexibility index (Phi) is 4.73. The molecule has 0 atom stereocenters. The number of nitrogens with zero attached hydrogens (tertiary/aromatic N) is 3. The summed E-state index contributed by atoms with van der Waals surface area (Å²) >= 11 is 3.27. The van der Waals surface area contributed by atoms with Gasteiger partial charge in [0.15, 0.2) is 0 Å². The predicted octanol–water partition coefficient (Wildman–Crippen LogP) is 2.35. The van der Waals surface area contributed by atoms with E-state index >= 15 is 0 Å². The smallest absolute Gasteiger partial charge is 0.283 e. The molecular weight excluding hydrogens is 324 g/mol. The minimum Gasteiger partial charge on any atom is -0.444 e. The number of rotatable bonds is 6. The second-order valence-corrected chi connectivity index (χ2v) is 4.87. The van der Waals surface area contributed by atoms with Crippen LogP contribution in [0.15, 0.2) is 38.7 Å². The Bertz CT molecular complexity index is 663. The van der Waals surface area contributed by atoms with Crippen LogP contribution in [-0.4, -0.2) is 14.8 Å². The van der Waals surface area contributed by atoms with Crippen molar-refractivity contribution in [3.63, 3.8) is 0 Å². The SMILES string of the molecule is C=CCn1ncc(NCc2ncc(CC)o2)c(Br)c1=O. The fourth-order valence-corrected chi connectivity index (χ4v) is 2.05. The molecule has 0 radical (unpaired) electrons. The van der Waals surface area contributed by atoms with E-state index in [-0.39, 0.29) is 5.56 Å². The fraction of sp³-hybridized carbons (Fsp3) is 0.308. The molecule has 2 heterocycles. The summed E-state index contributed by atoms with van der Waals surface area (Å²) in [7, 11) is 0. The molecule has 0 aliphatic heterocycles. The quantitative estimate of drug-likeness (QED) is 0.818. The summed E-state index contributed by atoms with van der Waals surface area (Å²) in [6.45, 7) is 6.35. The lowest BCUT2D eigenvalue weighted by Crippen LogP contribution is -2.23. The largest absolute Gasteiger partial charge is 0.444 e. The van der Waals surface area contributed by atoms with Crippen molar-refractivity contribution in [2.45, 2.75) is 26.4 Å². The van der Waals surface area contributed by atoms with Crippen LogP contribution < -0.4 is 10.9 Å². The number of anilines is 1. The van der Waals surface area contributed by atoms with Gasteiger partial charge in [-0.1, -0.05) is 13.0 Å². The van der Waals surface area contributed by atoms with E-state index in [1.165, 1.54) is 4.68 Å². The molecular formula is C13H15BrN4O2. The zero-order valence-electron chi connectivity index (χ0n) is 11.1. The topological polar surface area (TPSA) is 73.0 Å². The van der Waals surface area contributed by atoms with Gasteiger partial charge in [0.2, 0.25) is 5.89 Å². The van der Waals surface area contributed by atoms with Crippen molar-refractivity contribution in [1.82, 2.24) is 14.8 Å². The fourth-order valence-electron chi connectivity index (χ4n) is 1.60. The van der Waals surface area contributed by atoms with Gasteiger partial charge in [0.25, 0.3) is 5.56 Å². The van der Waals surface area contributed by atoms with Crippen LogP contribution in [0.3, 0.4) is 0 Å². The number of aromatic nitrogens is 3. The molecule has 7 heteroatoms. The van der Waals surface area contributed by atoms with E-state index in [9.17, 15) is 4.79 Å². The monoisotopic (exact) mass is 338 g/mol. The highest BCUT2D eigenvalue weighted by Crippen LogP contribution is 2.17. The third kappa shape index (κ3) is 3.16. The van der Waals surface area contributed by atoms with Crippen LogP contribution in [0.1, 0.15) is 18.6 Å². The Morgan fingerprint density at radius 3 is 3.00 bits per heavy atom. The van der Waals surface area contributed by atoms with E-state index in [1.807, 2.05) is 6.92 Å². The van der Waals surface area contributed by atoms with E-state index in [2.05, 4.69) is 37.9 Å². The summed E-state index contributed by atoms with van der Waals surface area (Å²) in [5, 5.41) is 7.12. The third-order valence-corrected chi connectivity index (χ3v) is 3.43. The van der Waals surface area contributed by atoms with E-state index in [0.717, 1.165) is 12.2 Å². The van der Waals surface area contributed by atoms with Crippen molar-refractivity contribution in [2.24, 2.45) is 0 Å². The van der Waals surface area contributed by atoms with Crippen molar-refractivity contribution in [3.8, 4) is 0 Å². The van der Waals surface area contributed by atoms with Crippen LogP contribution >= 0.6 is 15.9 Å². The van der Waals surface area contributed by atoms with Crippen molar-refractivity contribution in [2.75, 3.05) is 5.32 Å². The molecule has 106 valence electrons. The van der Waals surface area contributed by atoms with Crippen LogP contribution in [0.4, 0.5) is 5.69 Å². The Hall–Kier alpha value is -1.89. The lowest BCUT2D eigenvalue weighted by molar-refractivity contribution is 0.465. The molecule has 0 spiro atoms. The molecule has 0 bridgehead atoms. The standard InChI is InChI=1S/C13H15BrN4O2/c1-3-5-18-13(19)12(14)10(7-17-18)15-8-11-16-6-9(4-2)20-11/h3,6-7,15H,1,4-5,8H2,2H3. The molecule has 0 unspecified atom stereocenters. The summed E-state index contributed by atoms with van der Waals surface area (Å²) in [5.41, 5.74) is 0.392. The first-order chi connectivity index (χ1) is 9.65. The Balaban J connectivity index is 2.11. The molecule has 0 fully saturated rings. The normalized spacial score (nSPS) is 10.5. The molecule has 0 saturated heterocycles. The molecule has 1 N–H and O–H groups in total. The number of hydrogen-bond donors (Lipinski definition) is 1. The summed E-state index contributed by atoms with van der Waals surface area (Å²) in [4.78, 5) is 16.1. The maximum Gasteiger partial charge on any atom is 0.283 e. The summed E-state index contributed by atoms with van der Waals surface area (Å²) in [6.07, 6.45) is 5.70. The lowest BCUT2D eigenvalue weighted by Gasteiger charge is -2.08. The van der Waals surface area contributed by atoms with Gasteiger partial charge in [0.1, 0.15) is 10.2 Å². The number of halogens is 1. The van der Waals surface area contributed by atoms with Gasteiger partial charge in [0, 0.05) is 6.42 Å². The molecule has 2 aromatic rings. The third-order valence-electron chi connectivity index (χ3n) is 2.67. The van der Waals surface area contributed by atoms with Gasteiger partial charge in [-0.3, -0.25) is 4.79 Å². The van der Waals surface area contributed by atoms with Crippen LogP contribution in [0, 0.1) is 0 Å². The minimum atomic E-state index is -0.212. The van der Waals surface area contributed by atoms with Gasteiger partial charge in [-0.25, -0.2) is 9.67 Å². The Labute approximate surface area is 124 Å². The molecule has 0 aliphatic carbocycles. The number of oxazole rings is 1. The van der Waals surface area contributed by atoms with Crippen LogP contribution in [-0.2, 0) is 19.5 Å². The first kappa shape index (κ1) is 14.5. The van der Waals surface area contributed by atoms with E-state index in [4.69, 9.17) is 4.42 Å². The highest BCUT2D eigenvalue weighted by molar-refractivity contribution is 9.10. The Morgan fingerprint density at radius 1 is 1.55 bits per heavy atom. The zero-order chi connectivity index (χ0) is 14.5. The summed E-state index contributed by atoms with van der Waals surface area (Å²) in [5.74, 6) is 1.41. The number of nitrogens with one attached hydrogen (secondary N) is 1. The van der Waals surface area contributed by atoms with Gasteiger partial charge < -0.3 is 9.73 Å². The molecule has 6 nitrogen and oxygen atoms in total. The molecule has 0 saturated carbocycles. The molecule has 0 aliphatic rings. The van der Waals surface area contributed by atoms with Crippen molar-refractivity contribution in [1.29, 1.82) is 0 Å². The van der Waals surface area contributed by atoms with Crippen molar-refractivity contribution in [3.05, 3.63) is 51.5 Å². The maximum atomic E-state index is 12.0. The van der Waals surface area contributed by atoms with Gasteiger partial charge >= 0.3 is 0 Å². The molecule has 2 rings (SSSR count). The van der Waals surface area contributed by atoms with Crippen LogP contribution in [0.2, 0.25) is 0 Å². The average Bonchev–Trinajstić information content (AvgIpc) is 2.91. The first-order valence-electron chi connectivity index (χ1n) is 6.19. The van der Waals surface area contributed by atoms with Crippen molar-refractivity contribution >= 4 is 21.6 Å². The second kappa shape index (κ2) is 6.51. The van der Waals surface area contributed by atoms with E-state index in [1.54, 1.807) is 18.5 Å². The van der Waals surface area contributed by atoms with Gasteiger partial charge in [-0.2, -0.15) is 5.10 Å². The maximum absolute atomic E-state index is 12.0. The van der Waals surface area contributed by atoms with E-state index < -0.39 is 0 Å². The lowest BCUT2D eigenvalue weighted by atomic mass is 10.4. The highest BCUT2D eigenvalue weighted by Gasteiger charge is 2.09. The molecule has 0 amide bonds. The first-order valence-corrected chi connectivity index (χ1v) is 6.99. The van der Waals surface area contributed by atoms with Crippen LogP contribution in [0.5, 0.6) is 0 Å². The second-order valence-electron chi connectivity index (χ2n) is 4.08.